The largest absolute Gasteiger partial charge is 0.497 e. The molecule has 0 aromatic heterocycles. The summed E-state index contributed by atoms with van der Waals surface area (Å²) in [5.41, 5.74) is 1.86. The SMILES string of the molecule is COc1ccc(NC(=O)NC(=O)COC(=O)CCN2C(=O)c3ccc(C)cc3C2=O)cc1. The van der Waals surface area contributed by atoms with Gasteiger partial charge in [-0.05, 0) is 43.3 Å². The molecule has 2 aromatic carbocycles. The predicted molar refractivity (Wildman–Crippen MR) is 112 cm³/mol. The second kappa shape index (κ2) is 9.73. The van der Waals surface area contributed by atoms with Gasteiger partial charge in [0.25, 0.3) is 17.7 Å². The number of rotatable bonds is 7. The second-order valence-corrected chi connectivity index (χ2v) is 6.95. The van der Waals surface area contributed by atoms with Crippen molar-refractivity contribution in [2.75, 3.05) is 25.6 Å². The van der Waals surface area contributed by atoms with Gasteiger partial charge in [-0.25, -0.2) is 4.79 Å². The molecule has 5 amide bonds. The maximum absolute atomic E-state index is 12.4. The minimum atomic E-state index is -0.833. The molecule has 0 fully saturated rings. The molecule has 0 unspecified atom stereocenters. The molecule has 1 aliphatic heterocycles. The van der Waals surface area contributed by atoms with Gasteiger partial charge in [0.1, 0.15) is 5.75 Å². The molecule has 0 saturated carbocycles. The Bertz CT molecular complexity index is 1080. The highest BCUT2D eigenvalue weighted by Gasteiger charge is 2.35. The van der Waals surface area contributed by atoms with Crippen molar-refractivity contribution >= 4 is 35.4 Å². The Morgan fingerprint density at radius 3 is 2.34 bits per heavy atom. The minimum Gasteiger partial charge on any atom is -0.497 e. The third-order valence-corrected chi connectivity index (χ3v) is 4.63. The van der Waals surface area contributed by atoms with E-state index < -0.39 is 36.3 Å². The minimum absolute atomic E-state index is 0.177. The molecule has 0 aliphatic carbocycles. The number of ether oxygens (including phenoxy) is 2. The fourth-order valence-corrected chi connectivity index (χ4v) is 3.03. The monoisotopic (exact) mass is 439 g/mol. The molecule has 10 heteroatoms. The van der Waals surface area contributed by atoms with Crippen LogP contribution in [0.1, 0.15) is 32.7 Å². The Labute approximate surface area is 183 Å². The molecule has 0 bridgehead atoms. The summed E-state index contributed by atoms with van der Waals surface area (Å²) in [6.45, 7) is 0.945. The fraction of sp³-hybridized carbons (Fsp3) is 0.227. The first-order valence-electron chi connectivity index (χ1n) is 9.66. The van der Waals surface area contributed by atoms with Crippen molar-refractivity contribution in [1.29, 1.82) is 0 Å². The van der Waals surface area contributed by atoms with Crippen LogP contribution in [0.4, 0.5) is 10.5 Å². The first kappa shape index (κ1) is 22.5. The lowest BCUT2D eigenvalue weighted by Gasteiger charge is -2.13. The summed E-state index contributed by atoms with van der Waals surface area (Å²) < 4.78 is 9.82. The van der Waals surface area contributed by atoms with Gasteiger partial charge in [0, 0.05) is 12.2 Å². The Kier molecular flexibility index (Phi) is 6.83. The van der Waals surface area contributed by atoms with E-state index in [0.717, 1.165) is 10.5 Å². The van der Waals surface area contributed by atoms with E-state index in [1.165, 1.54) is 7.11 Å². The molecule has 166 valence electrons. The number of amides is 5. The van der Waals surface area contributed by atoms with E-state index in [2.05, 4.69) is 5.32 Å². The second-order valence-electron chi connectivity index (χ2n) is 6.95. The predicted octanol–water partition coefficient (Wildman–Crippen LogP) is 1.88. The highest BCUT2D eigenvalue weighted by Crippen LogP contribution is 2.24. The van der Waals surface area contributed by atoms with Gasteiger partial charge in [-0.1, -0.05) is 11.6 Å². The molecule has 2 aromatic rings. The smallest absolute Gasteiger partial charge is 0.325 e. The summed E-state index contributed by atoms with van der Waals surface area (Å²) >= 11 is 0. The number of hydrogen-bond acceptors (Lipinski definition) is 7. The molecule has 0 spiro atoms. The normalized spacial score (nSPS) is 12.2. The van der Waals surface area contributed by atoms with Gasteiger partial charge in [-0.2, -0.15) is 0 Å². The zero-order valence-corrected chi connectivity index (χ0v) is 17.5. The van der Waals surface area contributed by atoms with Crippen LogP contribution in [0.2, 0.25) is 0 Å². The van der Waals surface area contributed by atoms with E-state index in [1.807, 2.05) is 5.32 Å². The van der Waals surface area contributed by atoms with Crippen LogP contribution in [0.25, 0.3) is 0 Å². The molecule has 32 heavy (non-hydrogen) atoms. The molecule has 1 heterocycles. The van der Waals surface area contributed by atoms with Gasteiger partial charge in [0.05, 0.1) is 24.7 Å². The summed E-state index contributed by atoms with van der Waals surface area (Å²) in [4.78, 5) is 61.2. The standard InChI is InChI=1S/C22H21N3O7/c1-13-3-8-16-17(11-13)21(29)25(20(16)28)10-9-19(27)32-12-18(26)24-22(30)23-14-4-6-15(31-2)7-5-14/h3-8,11H,9-10,12H2,1-2H3,(H2,23,24,26,30). The summed E-state index contributed by atoms with van der Waals surface area (Å²) in [5, 5.41) is 4.47. The summed E-state index contributed by atoms with van der Waals surface area (Å²) in [6, 6.07) is 10.6. The number of fused-ring (bicyclic) bond motifs is 1. The number of hydrogen-bond donors (Lipinski definition) is 2. The van der Waals surface area contributed by atoms with Crippen LogP contribution < -0.4 is 15.4 Å². The highest BCUT2D eigenvalue weighted by molar-refractivity contribution is 6.21. The number of urea groups is 1. The highest BCUT2D eigenvalue weighted by atomic mass is 16.5. The van der Waals surface area contributed by atoms with Gasteiger partial charge < -0.3 is 14.8 Å². The van der Waals surface area contributed by atoms with Gasteiger partial charge in [-0.15, -0.1) is 0 Å². The first-order valence-corrected chi connectivity index (χ1v) is 9.66. The molecule has 0 saturated heterocycles. The summed E-state index contributed by atoms with van der Waals surface area (Å²) in [6.07, 6.45) is -0.282. The van der Waals surface area contributed by atoms with Gasteiger partial charge >= 0.3 is 12.0 Å². The van der Waals surface area contributed by atoms with Crippen molar-refractivity contribution < 1.29 is 33.4 Å². The van der Waals surface area contributed by atoms with Gasteiger partial charge in [-0.3, -0.25) is 29.4 Å². The van der Waals surface area contributed by atoms with Crippen LogP contribution in [0.3, 0.4) is 0 Å². The van der Waals surface area contributed by atoms with Crippen LogP contribution in [-0.2, 0) is 14.3 Å². The molecular weight excluding hydrogens is 418 g/mol. The number of carbonyl (C=O) groups excluding carboxylic acids is 5. The van der Waals surface area contributed by atoms with E-state index in [4.69, 9.17) is 9.47 Å². The number of carbonyl (C=O) groups is 5. The summed E-state index contributed by atoms with van der Waals surface area (Å²) in [5.74, 6) is -1.97. The maximum Gasteiger partial charge on any atom is 0.325 e. The van der Waals surface area contributed by atoms with E-state index in [-0.39, 0.29) is 18.5 Å². The number of aryl methyl sites for hydroxylation is 1. The average molecular weight is 439 g/mol. The number of anilines is 1. The number of nitrogens with one attached hydrogen (secondary N) is 2. The number of nitrogens with zero attached hydrogens (tertiary/aromatic N) is 1. The van der Waals surface area contributed by atoms with E-state index >= 15 is 0 Å². The van der Waals surface area contributed by atoms with Crippen molar-refractivity contribution in [3.8, 4) is 5.75 Å². The van der Waals surface area contributed by atoms with E-state index in [9.17, 15) is 24.0 Å². The average Bonchev–Trinajstić information content (AvgIpc) is 3.00. The molecule has 10 nitrogen and oxygen atoms in total. The third kappa shape index (κ3) is 5.28. The molecule has 2 N–H and O–H groups in total. The van der Waals surface area contributed by atoms with Gasteiger partial charge in [0.2, 0.25) is 0 Å². The molecule has 0 atom stereocenters. The fourth-order valence-electron chi connectivity index (χ4n) is 3.03. The van der Waals surface area contributed by atoms with Crippen LogP contribution in [-0.4, -0.2) is 54.9 Å². The Morgan fingerprint density at radius 1 is 0.969 bits per heavy atom. The summed E-state index contributed by atoms with van der Waals surface area (Å²) in [7, 11) is 1.51. The van der Waals surface area contributed by atoms with Crippen LogP contribution in [0.15, 0.2) is 42.5 Å². The number of esters is 1. The van der Waals surface area contributed by atoms with Gasteiger partial charge in [0.15, 0.2) is 6.61 Å². The van der Waals surface area contributed by atoms with E-state index in [0.29, 0.717) is 17.0 Å². The van der Waals surface area contributed by atoms with Crippen molar-refractivity contribution in [3.63, 3.8) is 0 Å². The van der Waals surface area contributed by atoms with Crippen molar-refractivity contribution in [3.05, 3.63) is 59.2 Å². The molecule has 1 aliphatic rings. The maximum atomic E-state index is 12.4. The third-order valence-electron chi connectivity index (χ3n) is 4.63. The Hall–Kier alpha value is -4.21. The van der Waals surface area contributed by atoms with Crippen LogP contribution in [0.5, 0.6) is 5.75 Å². The van der Waals surface area contributed by atoms with Crippen molar-refractivity contribution in [1.82, 2.24) is 10.2 Å². The lowest BCUT2D eigenvalue weighted by atomic mass is 10.1. The molecular formula is C22H21N3O7. The Balaban J connectivity index is 1.41. The topological polar surface area (TPSA) is 131 Å². The van der Waals surface area contributed by atoms with Crippen LogP contribution >= 0.6 is 0 Å². The molecule has 0 radical (unpaired) electrons. The zero-order chi connectivity index (χ0) is 23.3. The quantitative estimate of drug-likeness (QED) is 0.497. The number of imide groups is 2. The molecule has 3 rings (SSSR count). The zero-order valence-electron chi connectivity index (χ0n) is 17.5. The first-order chi connectivity index (χ1) is 15.3. The lowest BCUT2D eigenvalue weighted by molar-refractivity contribution is -0.148. The van der Waals surface area contributed by atoms with Crippen LogP contribution in [0, 0.1) is 6.92 Å². The van der Waals surface area contributed by atoms with Crippen molar-refractivity contribution in [2.45, 2.75) is 13.3 Å². The van der Waals surface area contributed by atoms with E-state index in [1.54, 1.807) is 49.4 Å². The van der Waals surface area contributed by atoms with Crippen molar-refractivity contribution in [2.24, 2.45) is 0 Å². The number of methoxy groups -OCH3 is 1. The lowest BCUT2D eigenvalue weighted by Crippen LogP contribution is -2.37. The number of benzene rings is 2. The Morgan fingerprint density at radius 2 is 1.66 bits per heavy atom.